The molecule has 0 saturated carbocycles. The molecule has 0 aromatic carbocycles. The van der Waals surface area contributed by atoms with Crippen LogP contribution >= 0.6 is 8.60 Å². The maximum atomic E-state index is 8.35. The highest BCUT2D eigenvalue weighted by molar-refractivity contribution is 7.39. The van der Waals surface area contributed by atoms with Crippen LogP contribution in [0.2, 0.25) is 0 Å². The number of hydrogen-bond acceptors (Lipinski definition) is 4. The van der Waals surface area contributed by atoms with E-state index in [1.807, 2.05) is 11.9 Å². The van der Waals surface area contributed by atoms with Crippen LogP contribution < -0.4 is 0 Å². The quantitative estimate of drug-likeness (QED) is 0.524. The third-order valence-corrected chi connectivity index (χ3v) is 1.76. The van der Waals surface area contributed by atoms with Gasteiger partial charge >= 0.3 is 8.60 Å². The monoisotopic (exact) mass is 151 g/mol. The highest BCUT2D eigenvalue weighted by atomic mass is 31.2. The molecule has 9 heavy (non-hydrogen) atoms. The van der Waals surface area contributed by atoms with E-state index in [2.05, 4.69) is 0 Å². The molecule has 1 rings (SSSR count). The van der Waals surface area contributed by atoms with Gasteiger partial charge in [-0.25, -0.2) is 0 Å². The van der Waals surface area contributed by atoms with Gasteiger partial charge in [-0.3, -0.25) is 0 Å². The molecule has 0 amide bonds. The normalized spacial score (nSPS) is 22.7. The SMILES string of the molecule is CN1CC(OP(O)O)C1. The first kappa shape index (κ1) is 7.38. The van der Waals surface area contributed by atoms with Crippen LogP contribution in [0.15, 0.2) is 0 Å². The van der Waals surface area contributed by atoms with Gasteiger partial charge in [-0.15, -0.1) is 0 Å². The van der Waals surface area contributed by atoms with Crippen molar-refractivity contribution in [2.75, 3.05) is 20.1 Å². The zero-order valence-corrected chi connectivity index (χ0v) is 6.08. The van der Waals surface area contributed by atoms with Gasteiger partial charge in [-0.2, -0.15) is 0 Å². The molecule has 1 heterocycles. The molecular formula is C4H10NO3P. The van der Waals surface area contributed by atoms with Crippen LogP contribution in [-0.4, -0.2) is 40.9 Å². The van der Waals surface area contributed by atoms with E-state index in [0.29, 0.717) is 0 Å². The lowest BCUT2D eigenvalue weighted by Gasteiger charge is -2.35. The largest absolute Gasteiger partial charge is 0.328 e. The van der Waals surface area contributed by atoms with E-state index >= 15 is 0 Å². The number of likely N-dealkylation sites (N-methyl/N-ethyl adjacent to an activating group) is 1. The summed E-state index contributed by atoms with van der Waals surface area (Å²) < 4.78 is 4.69. The Balaban J connectivity index is 2.04. The molecule has 0 aliphatic carbocycles. The van der Waals surface area contributed by atoms with Gasteiger partial charge in [-0.1, -0.05) is 0 Å². The molecule has 4 nitrogen and oxygen atoms in total. The predicted molar refractivity (Wildman–Crippen MR) is 33.7 cm³/mol. The molecule has 1 aliphatic heterocycles. The summed E-state index contributed by atoms with van der Waals surface area (Å²) in [6, 6.07) is 0. The van der Waals surface area contributed by atoms with E-state index in [-0.39, 0.29) is 6.10 Å². The topological polar surface area (TPSA) is 52.9 Å². The van der Waals surface area contributed by atoms with Crippen molar-refractivity contribution < 1.29 is 14.3 Å². The van der Waals surface area contributed by atoms with Crippen LogP contribution in [0.4, 0.5) is 0 Å². The van der Waals surface area contributed by atoms with Gasteiger partial charge in [-0.05, 0) is 7.05 Å². The number of rotatable bonds is 2. The van der Waals surface area contributed by atoms with Crippen molar-refractivity contribution in [2.24, 2.45) is 0 Å². The minimum atomic E-state index is -2.14. The summed E-state index contributed by atoms with van der Waals surface area (Å²) in [4.78, 5) is 18.8. The Morgan fingerprint density at radius 1 is 1.56 bits per heavy atom. The van der Waals surface area contributed by atoms with Crippen LogP contribution in [0, 0.1) is 0 Å². The predicted octanol–water partition coefficient (Wildman–Crippen LogP) is -0.472. The lowest BCUT2D eigenvalue weighted by atomic mass is 10.2. The van der Waals surface area contributed by atoms with Gasteiger partial charge in [0.2, 0.25) is 0 Å². The summed E-state index contributed by atoms with van der Waals surface area (Å²) >= 11 is 0. The maximum Gasteiger partial charge on any atom is 0.327 e. The molecular weight excluding hydrogens is 141 g/mol. The molecule has 2 N–H and O–H groups in total. The third kappa shape index (κ3) is 2.16. The molecule has 1 fully saturated rings. The number of nitrogens with zero attached hydrogens (tertiary/aromatic N) is 1. The Hall–Kier alpha value is 0.270. The molecule has 0 bridgehead atoms. The molecule has 5 heteroatoms. The summed E-state index contributed by atoms with van der Waals surface area (Å²) in [6.07, 6.45) is 0.0381. The fourth-order valence-electron chi connectivity index (χ4n) is 0.842. The molecule has 54 valence electrons. The smallest absolute Gasteiger partial charge is 0.327 e. The van der Waals surface area contributed by atoms with E-state index < -0.39 is 8.60 Å². The van der Waals surface area contributed by atoms with E-state index in [0.717, 1.165) is 13.1 Å². The summed E-state index contributed by atoms with van der Waals surface area (Å²) in [7, 11) is -0.185. The van der Waals surface area contributed by atoms with Crippen molar-refractivity contribution in [2.45, 2.75) is 6.10 Å². The second kappa shape index (κ2) is 2.90. The van der Waals surface area contributed by atoms with Crippen molar-refractivity contribution in [3.63, 3.8) is 0 Å². The lowest BCUT2D eigenvalue weighted by molar-refractivity contribution is 0.0302. The fourth-order valence-corrected chi connectivity index (χ4v) is 1.24. The van der Waals surface area contributed by atoms with Gasteiger partial charge in [0.05, 0.1) is 6.10 Å². The van der Waals surface area contributed by atoms with Crippen molar-refractivity contribution >= 4 is 8.60 Å². The molecule has 0 radical (unpaired) electrons. The maximum absolute atomic E-state index is 8.35. The van der Waals surface area contributed by atoms with Crippen LogP contribution in [0.25, 0.3) is 0 Å². The average Bonchev–Trinajstić information content (AvgIpc) is 1.60. The molecule has 0 aromatic rings. The standard InChI is InChI=1S/C4H10NO3P/c1-5-2-4(3-5)8-9(6)7/h4,6-7H,2-3H2,1H3. The number of hydrogen-bond donors (Lipinski definition) is 2. The van der Waals surface area contributed by atoms with Crippen molar-refractivity contribution in [3.8, 4) is 0 Å². The second-order valence-corrected chi connectivity index (χ2v) is 2.92. The van der Waals surface area contributed by atoms with Gasteiger partial charge in [0.1, 0.15) is 0 Å². The molecule has 0 spiro atoms. The number of likely N-dealkylation sites (tertiary alicyclic amines) is 1. The second-order valence-electron chi connectivity index (χ2n) is 2.20. The van der Waals surface area contributed by atoms with Gasteiger partial charge < -0.3 is 19.2 Å². The molecule has 1 aliphatic rings. The summed E-state index contributed by atoms with van der Waals surface area (Å²) in [5.74, 6) is 0. The summed E-state index contributed by atoms with van der Waals surface area (Å²) in [6.45, 7) is 1.61. The van der Waals surface area contributed by atoms with Gasteiger partial charge in [0, 0.05) is 13.1 Å². The van der Waals surface area contributed by atoms with Crippen LogP contribution in [0.5, 0.6) is 0 Å². The molecule has 1 saturated heterocycles. The third-order valence-electron chi connectivity index (χ3n) is 1.27. The highest BCUT2D eigenvalue weighted by Gasteiger charge is 2.26. The van der Waals surface area contributed by atoms with Crippen molar-refractivity contribution in [3.05, 3.63) is 0 Å². The molecule has 0 atom stereocenters. The summed E-state index contributed by atoms with van der Waals surface area (Å²) in [5.41, 5.74) is 0. The lowest BCUT2D eigenvalue weighted by Crippen LogP contribution is -2.48. The first-order valence-corrected chi connectivity index (χ1v) is 3.88. The fraction of sp³-hybridized carbons (Fsp3) is 1.00. The van der Waals surface area contributed by atoms with Gasteiger partial charge in [0.25, 0.3) is 0 Å². The zero-order chi connectivity index (χ0) is 6.85. The van der Waals surface area contributed by atoms with Crippen molar-refractivity contribution in [1.29, 1.82) is 0 Å². The van der Waals surface area contributed by atoms with Crippen LogP contribution in [-0.2, 0) is 4.52 Å². The molecule has 0 unspecified atom stereocenters. The minimum Gasteiger partial charge on any atom is -0.328 e. The highest BCUT2D eigenvalue weighted by Crippen LogP contribution is 2.29. The van der Waals surface area contributed by atoms with E-state index in [4.69, 9.17) is 14.3 Å². The average molecular weight is 151 g/mol. The molecule has 0 aromatic heterocycles. The van der Waals surface area contributed by atoms with Crippen molar-refractivity contribution in [1.82, 2.24) is 4.90 Å². The Morgan fingerprint density at radius 3 is 2.44 bits per heavy atom. The Labute approximate surface area is 55.0 Å². The van der Waals surface area contributed by atoms with Crippen LogP contribution in [0.1, 0.15) is 0 Å². The first-order valence-electron chi connectivity index (χ1n) is 2.71. The van der Waals surface area contributed by atoms with Crippen LogP contribution in [0.3, 0.4) is 0 Å². The summed E-state index contributed by atoms with van der Waals surface area (Å²) in [5, 5.41) is 0. The Kier molecular flexibility index (Phi) is 2.38. The van der Waals surface area contributed by atoms with E-state index in [1.165, 1.54) is 0 Å². The Morgan fingerprint density at radius 2 is 2.11 bits per heavy atom. The van der Waals surface area contributed by atoms with Gasteiger partial charge in [0.15, 0.2) is 0 Å². The van der Waals surface area contributed by atoms with E-state index in [9.17, 15) is 0 Å². The first-order chi connectivity index (χ1) is 4.18. The minimum absolute atomic E-state index is 0.0381. The Bertz CT molecular complexity index is 93.8. The van der Waals surface area contributed by atoms with E-state index in [1.54, 1.807) is 0 Å². The zero-order valence-electron chi connectivity index (χ0n) is 5.19.